The Bertz CT molecular complexity index is 655. The number of nitrogens with zero attached hydrogens (tertiary/aromatic N) is 2. The van der Waals surface area contributed by atoms with E-state index in [1.54, 1.807) is 0 Å². The van der Waals surface area contributed by atoms with Gasteiger partial charge in [0.2, 0.25) is 0 Å². The summed E-state index contributed by atoms with van der Waals surface area (Å²) >= 11 is 1.49. The van der Waals surface area contributed by atoms with Gasteiger partial charge in [-0.15, -0.1) is 11.3 Å². The van der Waals surface area contributed by atoms with E-state index in [4.69, 9.17) is 4.74 Å². The number of thiophene rings is 1. The summed E-state index contributed by atoms with van der Waals surface area (Å²) in [6, 6.07) is 9.36. The fourth-order valence-corrected chi connectivity index (χ4v) is 1.99. The molecular formula is C13H11N3O4S. The zero-order chi connectivity index (χ0) is 15.1. The van der Waals surface area contributed by atoms with Crippen LogP contribution in [0.25, 0.3) is 0 Å². The average molecular weight is 305 g/mol. The topological polar surface area (TPSA) is 93.8 Å². The molecule has 0 radical (unpaired) electrons. The average Bonchev–Trinajstić information content (AvgIpc) is 2.99. The number of nitro benzene ring substituents is 1. The van der Waals surface area contributed by atoms with Gasteiger partial charge in [0.15, 0.2) is 6.61 Å². The standard InChI is InChI=1S/C13H11N3O4S/c17-13(15-14-8-12-5-2-6-21-12)9-20-11-4-1-3-10(7-11)16(18)19/h1-8H,9H2,(H,15,17)/b14-8-. The lowest BCUT2D eigenvalue weighted by Crippen LogP contribution is -2.24. The molecule has 21 heavy (non-hydrogen) atoms. The fraction of sp³-hybridized carbons (Fsp3) is 0.0769. The van der Waals surface area contributed by atoms with E-state index in [1.165, 1.54) is 41.8 Å². The molecule has 1 aromatic heterocycles. The van der Waals surface area contributed by atoms with E-state index in [-0.39, 0.29) is 18.0 Å². The number of ether oxygens (including phenoxy) is 1. The van der Waals surface area contributed by atoms with Crippen LogP contribution in [0.1, 0.15) is 4.88 Å². The Hall–Kier alpha value is -2.74. The van der Waals surface area contributed by atoms with Gasteiger partial charge in [-0.3, -0.25) is 14.9 Å². The predicted octanol–water partition coefficient (Wildman–Crippen LogP) is 2.19. The molecule has 2 rings (SSSR count). The molecule has 0 aliphatic rings. The van der Waals surface area contributed by atoms with Crippen LogP contribution in [0, 0.1) is 10.1 Å². The molecule has 1 N–H and O–H groups in total. The van der Waals surface area contributed by atoms with Crippen LogP contribution in [0.2, 0.25) is 0 Å². The molecule has 0 saturated heterocycles. The van der Waals surface area contributed by atoms with Gasteiger partial charge in [-0.1, -0.05) is 12.1 Å². The first kappa shape index (κ1) is 14.7. The van der Waals surface area contributed by atoms with Crippen molar-refractivity contribution in [3.8, 4) is 5.75 Å². The monoisotopic (exact) mass is 305 g/mol. The van der Waals surface area contributed by atoms with Crippen molar-refractivity contribution in [2.75, 3.05) is 6.61 Å². The predicted molar refractivity (Wildman–Crippen MR) is 78.6 cm³/mol. The quantitative estimate of drug-likeness (QED) is 0.503. The van der Waals surface area contributed by atoms with Crippen LogP contribution in [0.4, 0.5) is 5.69 Å². The molecule has 8 heteroatoms. The summed E-state index contributed by atoms with van der Waals surface area (Å²) < 4.78 is 5.16. The minimum atomic E-state index is -0.530. The van der Waals surface area contributed by atoms with Gasteiger partial charge in [0.25, 0.3) is 11.6 Å². The van der Waals surface area contributed by atoms with E-state index in [0.29, 0.717) is 0 Å². The highest BCUT2D eigenvalue weighted by atomic mass is 32.1. The number of hydrogen-bond acceptors (Lipinski definition) is 6. The van der Waals surface area contributed by atoms with Crippen LogP contribution in [0.15, 0.2) is 46.9 Å². The summed E-state index contributed by atoms with van der Waals surface area (Å²) in [5, 5.41) is 16.3. The number of hydrazone groups is 1. The lowest BCUT2D eigenvalue weighted by atomic mass is 10.3. The Morgan fingerprint density at radius 1 is 1.43 bits per heavy atom. The van der Waals surface area contributed by atoms with Crippen LogP contribution in [-0.2, 0) is 4.79 Å². The van der Waals surface area contributed by atoms with Crippen LogP contribution in [0.3, 0.4) is 0 Å². The Balaban J connectivity index is 1.81. The van der Waals surface area contributed by atoms with Crippen LogP contribution in [0.5, 0.6) is 5.75 Å². The summed E-state index contributed by atoms with van der Waals surface area (Å²) in [5.74, 6) is -0.198. The van der Waals surface area contributed by atoms with Crippen molar-refractivity contribution in [2.45, 2.75) is 0 Å². The normalized spacial score (nSPS) is 10.5. The highest BCUT2D eigenvalue weighted by molar-refractivity contribution is 7.11. The second-order valence-corrected chi connectivity index (χ2v) is 4.83. The number of carbonyl (C=O) groups is 1. The number of nitro groups is 1. The van der Waals surface area contributed by atoms with Crippen molar-refractivity contribution >= 4 is 29.1 Å². The van der Waals surface area contributed by atoms with E-state index in [9.17, 15) is 14.9 Å². The van der Waals surface area contributed by atoms with Gasteiger partial charge in [-0.05, 0) is 17.5 Å². The molecule has 0 aliphatic carbocycles. The highest BCUT2D eigenvalue weighted by Gasteiger charge is 2.07. The number of amides is 1. The molecule has 1 amide bonds. The molecule has 0 unspecified atom stereocenters. The third kappa shape index (κ3) is 4.69. The summed E-state index contributed by atoms with van der Waals surface area (Å²) in [7, 11) is 0. The third-order valence-corrected chi connectivity index (χ3v) is 3.13. The number of non-ortho nitro benzene ring substituents is 1. The summed E-state index contributed by atoms with van der Waals surface area (Å²) in [4.78, 5) is 22.5. The number of carbonyl (C=O) groups excluding carboxylic acids is 1. The molecule has 108 valence electrons. The van der Waals surface area contributed by atoms with E-state index in [2.05, 4.69) is 10.5 Å². The molecule has 0 aliphatic heterocycles. The van der Waals surface area contributed by atoms with Gasteiger partial charge in [0.05, 0.1) is 17.2 Å². The molecule has 0 saturated carbocycles. The number of benzene rings is 1. The third-order valence-electron chi connectivity index (χ3n) is 2.32. The molecule has 1 aromatic carbocycles. The largest absolute Gasteiger partial charge is 0.483 e. The first-order valence-electron chi connectivity index (χ1n) is 5.88. The SMILES string of the molecule is O=C(COc1cccc([N+](=O)[O-])c1)N/N=C\c1cccs1. The van der Waals surface area contributed by atoms with Crippen molar-refractivity contribution in [3.63, 3.8) is 0 Å². The van der Waals surface area contributed by atoms with Crippen molar-refractivity contribution in [1.29, 1.82) is 0 Å². The van der Waals surface area contributed by atoms with Crippen molar-refractivity contribution in [1.82, 2.24) is 5.43 Å². The van der Waals surface area contributed by atoms with Crippen molar-refractivity contribution in [3.05, 3.63) is 56.8 Å². The zero-order valence-electron chi connectivity index (χ0n) is 10.8. The summed E-state index contributed by atoms with van der Waals surface area (Å²) in [6.07, 6.45) is 1.52. The molecule has 2 aromatic rings. The number of rotatable bonds is 6. The first-order chi connectivity index (χ1) is 10.1. The number of nitrogens with one attached hydrogen (secondary N) is 1. The van der Waals surface area contributed by atoms with E-state index in [0.717, 1.165) is 4.88 Å². The Morgan fingerprint density at radius 3 is 3.00 bits per heavy atom. The van der Waals surface area contributed by atoms with Crippen LogP contribution in [-0.4, -0.2) is 23.7 Å². The summed E-state index contributed by atoms with van der Waals surface area (Å²) in [6.45, 7) is -0.275. The van der Waals surface area contributed by atoms with Gasteiger partial charge >= 0.3 is 0 Å². The first-order valence-corrected chi connectivity index (χ1v) is 6.76. The highest BCUT2D eigenvalue weighted by Crippen LogP contribution is 2.18. The Morgan fingerprint density at radius 2 is 2.29 bits per heavy atom. The minimum Gasteiger partial charge on any atom is -0.483 e. The Kier molecular flexibility index (Phi) is 4.99. The van der Waals surface area contributed by atoms with Crippen LogP contribution >= 0.6 is 11.3 Å². The molecule has 1 heterocycles. The van der Waals surface area contributed by atoms with E-state index >= 15 is 0 Å². The lowest BCUT2D eigenvalue weighted by Gasteiger charge is -2.04. The van der Waals surface area contributed by atoms with Crippen molar-refractivity contribution in [2.24, 2.45) is 5.10 Å². The molecule has 0 spiro atoms. The maximum atomic E-state index is 11.5. The second kappa shape index (κ2) is 7.15. The van der Waals surface area contributed by atoms with Gasteiger partial charge in [-0.2, -0.15) is 5.10 Å². The van der Waals surface area contributed by atoms with Gasteiger partial charge < -0.3 is 4.74 Å². The molecule has 7 nitrogen and oxygen atoms in total. The maximum absolute atomic E-state index is 11.5. The Labute approximate surface area is 124 Å². The molecule has 0 bridgehead atoms. The fourth-order valence-electron chi connectivity index (χ4n) is 1.40. The second-order valence-electron chi connectivity index (χ2n) is 3.85. The van der Waals surface area contributed by atoms with Gasteiger partial charge in [0, 0.05) is 10.9 Å². The number of hydrogen-bond donors (Lipinski definition) is 1. The van der Waals surface area contributed by atoms with Crippen molar-refractivity contribution < 1.29 is 14.5 Å². The van der Waals surface area contributed by atoms with Crippen LogP contribution < -0.4 is 10.2 Å². The van der Waals surface area contributed by atoms with Gasteiger partial charge in [-0.25, -0.2) is 5.43 Å². The van der Waals surface area contributed by atoms with Gasteiger partial charge in [0.1, 0.15) is 5.75 Å². The van der Waals surface area contributed by atoms with E-state index < -0.39 is 10.8 Å². The minimum absolute atomic E-state index is 0.0939. The van der Waals surface area contributed by atoms with E-state index in [1.807, 2.05) is 17.5 Å². The molecular weight excluding hydrogens is 294 g/mol. The molecule has 0 fully saturated rings. The summed E-state index contributed by atoms with van der Waals surface area (Å²) in [5.41, 5.74) is 2.21. The lowest BCUT2D eigenvalue weighted by molar-refractivity contribution is -0.384. The maximum Gasteiger partial charge on any atom is 0.277 e. The molecule has 0 atom stereocenters. The smallest absolute Gasteiger partial charge is 0.277 e. The zero-order valence-corrected chi connectivity index (χ0v) is 11.6.